The molecule has 7 nitrogen and oxygen atoms in total. The first-order chi connectivity index (χ1) is 13.5. The van der Waals surface area contributed by atoms with Gasteiger partial charge in [-0.2, -0.15) is 0 Å². The van der Waals surface area contributed by atoms with Crippen LogP contribution in [-0.4, -0.2) is 33.6 Å². The molecule has 2 heterocycles. The van der Waals surface area contributed by atoms with Crippen LogP contribution in [0, 0.1) is 0 Å². The second-order valence-corrected chi connectivity index (χ2v) is 6.93. The normalized spacial score (nSPS) is 13.9. The van der Waals surface area contributed by atoms with Crippen LogP contribution < -0.4 is 16.0 Å². The lowest BCUT2D eigenvalue weighted by Gasteiger charge is -2.27. The first kappa shape index (κ1) is 18.1. The number of nitrogens with one attached hydrogen (secondary N) is 1. The van der Waals surface area contributed by atoms with Gasteiger partial charge in [0.1, 0.15) is 5.82 Å². The smallest absolute Gasteiger partial charge is 0.254 e. The van der Waals surface area contributed by atoms with Crippen molar-refractivity contribution in [2.24, 2.45) is 0 Å². The Morgan fingerprint density at radius 3 is 2.75 bits per heavy atom. The third-order valence-electron chi connectivity index (χ3n) is 4.99. The number of aromatic nitrogens is 2. The first-order valence-corrected chi connectivity index (χ1v) is 9.09. The number of phenolic OH excluding ortho intramolecular Hbond substituents is 1. The number of aromatic hydroxyl groups is 1. The molecule has 4 N–H and O–H groups in total. The molecule has 0 atom stereocenters. The highest BCUT2D eigenvalue weighted by molar-refractivity contribution is 5.58. The predicted molar refractivity (Wildman–Crippen MR) is 107 cm³/mol. The largest absolute Gasteiger partial charge is 0.504 e. The molecule has 0 aliphatic carbocycles. The molecule has 0 fully saturated rings. The van der Waals surface area contributed by atoms with Gasteiger partial charge in [-0.1, -0.05) is 6.07 Å². The summed E-state index contributed by atoms with van der Waals surface area (Å²) >= 11 is 0. The molecule has 0 saturated heterocycles. The Morgan fingerprint density at radius 1 is 1.25 bits per heavy atom. The maximum atomic E-state index is 12.5. The summed E-state index contributed by atoms with van der Waals surface area (Å²) in [6.45, 7) is 1.99. The number of nitrogens with zero attached hydrogens (tertiary/aromatic N) is 2. The third-order valence-corrected chi connectivity index (χ3v) is 4.99. The molecule has 0 saturated carbocycles. The van der Waals surface area contributed by atoms with Gasteiger partial charge in [-0.15, -0.1) is 0 Å². The van der Waals surface area contributed by atoms with Crippen molar-refractivity contribution in [1.82, 2.24) is 14.9 Å². The van der Waals surface area contributed by atoms with Crippen LogP contribution in [0.3, 0.4) is 0 Å². The average molecular weight is 378 g/mol. The molecule has 0 unspecified atom stereocenters. The fourth-order valence-corrected chi connectivity index (χ4v) is 3.50. The summed E-state index contributed by atoms with van der Waals surface area (Å²) in [7, 11) is 1.53. The topological polar surface area (TPSA) is 104 Å². The number of methoxy groups -OCH3 is 1. The maximum Gasteiger partial charge on any atom is 0.254 e. The Labute approximate surface area is 162 Å². The van der Waals surface area contributed by atoms with Crippen LogP contribution in [0.25, 0.3) is 11.4 Å². The van der Waals surface area contributed by atoms with Crippen molar-refractivity contribution in [2.45, 2.75) is 19.5 Å². The quantitative estimate of drug-likeness (QED) is 0.602. The highest BCUT2D eigenvalue weighted by Crippen LogP contribution is 2.27. The number of nitrogens with two attached hydrogens (primary N) is 1. The zero-order valence-electron chi connectivity index (χ0n) is 15.6. The lowest BCUT2D eigenvalue weighted by molar-refractivity contribution is 0.240. The van der Waals surface area contributed by atoms with Crippen LogP contribution in [-0.2, 0) is 19.5 Å². The van der Waals surface area contributed by atoms with Gasteiger partial charge >= 0.3 is 0 Å². The average Bonchev–Trinajstić information content (AvgIpc) is 2.68. The number of phenols is 1. The second kappa shape index (κ2) is 7.36. The standard InChI is InChI=1S/C21H22N4O3/c1-28-19-7-2-13(10-18(19)26)11-25-9-8-16-17(12-25)23-20(24-21(16)27)14-3-5-15(22)6-4-14/h2-7,10,26H,8-9,11-12,22H2,1H3,(H,23,24,27). The molecule has 7 heteroatoms. The van der Waals surface area contributed by atoms with E-state index in [0.29, 0.717) is 36.8 Å². The molecule has 0 bridgehead atoms. The minimum atomic E-state index is -0.0847. The first-order valence-electron chi connectivity index (χ1n) is 9.09. The van der Waals surface area contributed by atoms with Crippen LogP contribution in [0.15, 0.2) is 47.3 Å². The molecule has 0 radical (unpaired) electrons. The zero-order chi connectivity index (χ0) is 19.7. The van der Waals surface area contributed by atoms with Crippen LogP contribution in [0.5, 0.6) is 11.5 Å². The van der Waals surface area contributed by atoms with Crippen molar-refractivity contribution >= 4 is 5.69 Å². The highest BCUT2D eigenvalue weighted by Gasteiger charge is 2.21. The van der Waals surface area contributed by atoms with Crippen molar-refractivity contribution in [3.8, 4) is 22.9 Å². The molecule has 0 spiro atoms. The molecule has 1 aliphatic heterocycles. The molecular weight excluding hydrogens is 356 g/mol. The fraction of sp³-hybridized carbons (Fsp3) is 0.238. The van der Waals surface area contributed by atoms with E-state index in [9.17, 15) is 9.90 Å². The molecule has 2 aromatic carbocycles. The molecule has 1 aromatic heterocycles. The number of aromatic amines is 1. The fourth-order valence-electron chi connectivity index (χ4n) is 3.50. The number of hydrogen-bond donors (Lipinski definition) is 3. The molecule has 144 valence electrons. The molecule has 0 amide bonds. The summed E-state index contributed by atoms with van der Waals surface area (Å²) < 4.78 is 5.09. The zero-order valence-corrected chi connectivity index (χ0v) is 15.6. The third kappa shape index (κ3) is 3.57. The SMILES string of the molecule is COc1ccc(CN2CCc3c(nc(-c4ccc(N)cc4)[nH]c3=O)C2)cc1O. The maximum absolute atomic E-state index is 12.5. The van der Waals surface area contributed by atoms with E-state index in [1.165, 1.54) is 7.11 Å². The summed E-state index contributed by atoms with van der Waals surface area (Å²) in [5, 5.41) is 9.99. The monoisotopic (exact) mass is 378 g/mol. The number of hydrogen-bond acceptors (Lipinski definition) is 6. The lowest BCUT2D eigenvalue weighted by Crippen LogP contribution is -2.35. The van der Waals surface area contributed by atoms with Gasteiger partial charge in [0.05, 0.1) is 12.8 Å². The number of benzene rings is 2. The van der Waals surface area contributed by atoms with Gasteiger partial charge in [0.2, 0.25) is 0 Å². The van der Waals surface area contributed by atoms with E-state index in [-0.39, 0.29) is 11.3 Å². The van der Waals surface area contributed by atoms with E-state index in [1.54, 1.807) is 24.3 Å². The highest BCUT2D eigenvalue weighted by atomic mass is 16.5. The number of nitrogen functional groups attached to an aromatic ring is 1. The van der Waals surface area contributed by atoms with Gasteiger partial charge in [0, 0.05) is 36.4 Å². The van der Waals surface area contributed by atoms with E-state index < -0.39 is 0 Å². The Kier molecular flexibility index (Phi) is 4.75. The summed E-state index contributed by atoms with van der Waals surface area (Å²) in [6.07, 6.45) is 0.641. The van der Waals surface area contributed by atoms with E-state index in [0.717, 1.165) is 28.9 Å². The van der Waals surface area contributed by atoms with Crippen molar-refractivity contribution in [3.05, 3.63) is 69.6 Å². The van der Waals surface area contributed by atoms with Gasteiger partial charge in [0.25, 0.3) is 5.56 Å². The number of ether oxygens (including phenoxy) is 1. The van der Waals surface area contributed by atoms with Gasteiger partial charge in [-0.05, 0) is 48.4 Å². The van der Waals surface area contributed by atoms with Crippen LogP contribution in [0.2, 0.25) is 0 Å². The summed E-state index contributed by atoms with van der Waals surface area (Å²) in [6, 6.07) is 12.7. The Morgan fingerprint density at radius 2 is 2.04 bits per heavy atom. The van der Waals surface area contributed by atoms with Gasteiger partial charge in [-0.25, -0.2) is 4.98 Å². The lowest BCUT2D eigenvalue weighted by atomic mass is 10.0. The van der Waals surface area contributed by atoms with E-state index in [2.05, 4.69) is 9.88 Å². The van der Waals surface area contributed by atoms with Crippen molar-refractivity contribution < 1.29 is 9.84 Å². The second-order valence-electron chi connectivity index (χ2n) is 6.93. The molecule has 1 aliphatic rings. The van der Waals surface area contributed by atoms with Gasteiger partial charge in [0.15, 0.2) is 11.5 Å². The number of fused-ring (bicyclic) bond motifs is 1. The predicted octanol–water partition coefficient (Wildman–Crippen LogP) is 2.29. The minimum Gasteiger partial charge on any atom is -0.504 e. The van der Waals surface area contributed by atoms with Crippen LogP contribution in [0.4, 0.5) is 5.69 Å². The number of H-pyrrole nitrogens is 1. The number of rotatable bonds is 4. The molecule has 3 aromatic rings. The Bertz CT molecular complexity index is 1060. The van der Waals surface area contributed by atoms with Crippen LogP contribution >= 0.6 is 0 Å². The van der Waals surface area contributed by atoms with Crippen LogP contribution in [0.1, 0.15) is 16.8 Å². The summed E-state index contributed by atoms with van der Waals surface area (Å²) in [5.41, 5.74) is 9.66. The van der Waals surface area contributed by atoms with Gasteiger partial charge in [-0.3, -0.25) is 9.69 Å². The minimum absolute atomic E-state index is 0.0847. The van der Waals surface area contributed by atoms with Crippen molar-refractivity contribution in [2.75, 3.05) is 19.4 Å². The number of anilines is 1. The van der Waals surface area contributed by atoms with E-state index in [1.807, 2.05) is 18.2 Å². The van der Waals surface area contributed by atoms with E-state index in [4.69, 9.17) is 15.5 Å². The Balaban J connectivity index is 1.58. The summed E-state index contributed by atoms with van der Waals surface area (Å²) in [4.78, 5) is 22.3. The molecular formula is C21H22N4O3. The van der Waals surface area contributed by atoms with Gasteiger partial charge < -0.3 is 20.6 Å². The summed E-state index contributed by atoms with van der Waals surface area (Å²) in [5.74, 6) is 1.12. The molecule has 28 heavy (non-hydrogen) atoms. The van der Waals surface area contributed by atoms with Crippen molar-refractivity contribution in [1.29, 1.82) is 0 Å². The molecule has 4 rings (SSSR count). The van der Waals surface area contributed by atoms with E-state index >= 15 is 0 Å². The van der Waals surface area contributed by atoms with Crippen molar-refractivity contribution in [3.63, 3.8) is 0 Å². The Hall–Kier alpha value is -3.32.